The van der Waals surface area contributed by atoms with Crippen LogP contribution in [0.2, 0.25) is 0 Å². The summed E-state index contributed by atoms with van der Waals surface area (Å²) in [6.45, 7) is -0.0515. The molecule has 1 aliphatic carbocycles. The van der Waals surface area contributed by atoms with Gasteiger partial charge in [-0.2, -0.15) is 0 Å². The van der Waals surface area contributed by atoms with Gasteiger partial charge in [0, 0.05) is 5.25 Å². The van der Waals surface area contributed by atoms with Gasteiger partial charge in [0.15, 0.2) is 0 Å². The molecule has 1 aliphatic rings. The Kier molecular flexibility index (Phi) is 4.79. The largest absolute Gasteiger partial charge is 0.368 e. The zero-order valence-corrected chi connectivity index (χ0v) is 8.94. The van der Waals surface area contributed by atoms with Gasteiger partial charge in [-0.05, 0) is 12.8 Å². The molecule has 0 bridgehead atoms. The third-order valence-electron chi connectivity index (χ3n) is 2.21. The van der Waals surface area contributed by atoms with Crippen LogP contribution >= 0.6 is 11.8 Å². The van der Waals surface area contributed by atoms with Crippen LogP contribution in [0.3, 0.4) is 0 Å². The first-order chi connectivity index (χ1) is 6.68. The molecule has 0 radical (unpaired) electrons. The summed E-state index contributed by atoms with van der Waals surface area (Å²) in [6.07, 6.45) is 4.99. The molecular formula is C9H16N2O2S. The van der Waals surface area contributed by atoms with Gasteiger partial charge in [-0.25, -0.2) is 0 Å². The summed E-state index contributed by atoms with van der Waals surface area (Å²) in [5.74, 6) is -0.150. The molecule has 1 rings (SSSR count). The van der Waals surface area contributed by atoms with E-state index in [2.05, 4.69) is 5.32 Å². The molecule has 0 heterocycles. The molecule has 0 atom stereocenters. The Bertz CT molecular complexity index is 215. The van der Waals surface area contributed by atoms with Gasteiger partial charge in [-0.1, -0.05) is 12.8 Å². The topological polar surface area (TPSA) is 72.2 Å². The van der Waals surface area contributed by atoms with E-state index in [1.54, 1.807) is 11.8 Å². The molecule has 0 aromatic carbocycles. The molecular weight excluding hydrogens is 200 g/mol. The van der Waals surface area contributed by atoms with Crippen molar-refractivity contribution in [3.8, 4) is 0 Å². The molecule has 0 aliphatic heterocycles. The van der Waals surface area contributed by atoms with Crippen LogP contribution in [-0.2, 0) is 9.59 Å². The van der Waals surface area contributed by atoms with Crippen LogP contribution in [0.1, 0.15) is 25.7 Å². The maximum absolute atomic E-state index is 11.2. The molecule has 1 fully saturated rings. The van der Waals surface area contributed by atoms with E-state index in [0.717, 1.165) is 0 Å². The van der Waals surface area contributed by atoms with Gasteiger partial charge in [0.25, 0.3) is 0 Å². The summed E-state index contributed by atoms with van der Waals surface area (Å²) in [6, 6.07) is 0. The van der Waals surface area contributed by atoms with Gasteiger partial charge in [-0.15, -0.1) is 11.8 Å². The van der Waals surface area contributed by atoms with Crippen LogP contribution in [0, 0.1) is 0 Å². The summed E-state index contributed by atoms with van der Waals surface area (Å²) >= 11 is 1.68. The van der Waals surface area contributed by atoms with Crippen LogP contribution in [0.15, 0.2) is 0 Å². The average Bonchev–Trinajstić information content (AvgIpc) is 2.63. The first-order valence-corrected chi connectivity index (χ1v) is 5.90. The van der Waals surface area contributed by atoms with Crippen molar-refractivity contribution >= 4 is 23.6 Å². The fraction of sp³-hybridized carbons (Fsp3) is 0.778. The molecule has 0 aromatic heterocycles. The zero-order valence-electron chi connectivity index (χ0n) is 8.12. The SMILES string of the molecule is NC(=O)CNC(=O)CSC1CCCC1. The monoisotopic (exact) mass is 216 g/mol. The Morgan fingerprint density at radius 1 is 1.36 bits per heavy atom. The molecule has 1 saturated carbocycles. The van der Waals surface area contributed by atoms with Crippen molar-refractivity contribution in [2.45, 2.75) is 30.9 Å². The zero-order chi connectivity index (χ0) is 10.4. The molecule has 3 N–H and O–H groups in total. The number of hydrogen-bond acceptors (Lipinski definition) is 3. The number of carbonyl (C=O) groups excluding carboxylic acids is 2. The van der Waals surface area contributed by atoms with E-state index in [-0.39, 0.29) is 12.5 Å². The van der Waals surface area contributed by atoms with Crippen LogP contribution in [-0.4, -0.2) is 29.4 Å². The Balaban J connectivity index is 2.05. The summed E-state index contributed by atoms with van der Waals surface area (Å²) in [5.41, 5.74) is 4.90. The number of carbonyl (C=O) groups is 2. The van der Waals surface area contributed by atoms with E-state index in [1.165, 1.54) is 25.7 Å². The van der Waals surface area contributed by atoms with E-state index in [4.69, 9.17) is 5.73 Å². The number of hydrogen-bond donors (Lipinski definition) is 2. The molecule has 0 spiro atoms. The average molecular weight is 216 g/mol. The Hall–Kier alpha value is -0.710. The van der Waals surface area contributed by atoms with Gasteiger partial charge >= 0.3 is 0 Å². The number of nitrogens with two attached hydrogens (primary N) is 1. The molecule has 0 unspecified atom stereocenters. The van der Waals surface area contributed by atoms with Crippen LogP contribution in [0.4, 0.5) is 0 Å². The molecule has 80 valence electrons. The Morgan fingerprint density at radius 3 is 2.57 bits per heavy atom. The normalized spacial score (nSPS) is 16.9. The highest BCUT2D eigenvalue weighted by atomic mass is 32.2. The van der Waals surface area contributed by atoms with Crippen molar-refractivity contribution in [1.82, 2.24) is 5.32 Å². The number of rotatable bonds is 5. The van der Waals surface area contributed by atoms with Gasteiger partial charge < -0.3 is 11.1 Å². The Labute approximate surface area is 88.0 Å². The van der Waals surface area contributed by atoms with Crippen LogP contribution in [0.5, 0.6) is 0 Å². The highest BCUT2D eigenvalue weighted by molar-refractivity contribution is 8.00. The summed E-state index contributed by atoms with van der Waals surface area (Å²) < 4.78 is 0. The molecule has 5 heteroatoms. The van der Waals surface area contributed by atoms with Gasteiger partial charge in [-0.3, -0.25) is 9.59 Å². The number of nitrogens with one attached hydrogen (secondary N) is 1. The van der Waals surface area contributed by atoms with Gasteiger partial charge in [0.1, 0.15) is 0 Å². The minimum atomic E-state index is -0.496. The van der Waals surface area contributed by atoms with Gasteiger partial charge in [0.05, 0.1) is 12.3 Å². The van der Waals surface area contributed by atoms with Crippen molar-refractivity contribution in [2.75, 3.05) is 12.3 Å². The van der Waals surface area contributed by atoms with Crippen molar-refractivity contribution in [2.24, 2.45) is 5.73 Å². The highest BCUT2D eigenvalue weighted by Crippen LogP contribution is 2.28. The molecule has 0 aromatic rings. The van der Waals surface area contributed by atoms with Crippen molar-refractivity contribution in [3.05, 3.63) is 0 Å². The van der Waals surface area contributed by atoms with Crippen LogP contribution < -0.4 is 11.1 Å². The molecule has 14 heavy (non-hydrogen) atoms. The summed E-state index contributed by atoms with van der Waals surface area (Å²) in [7, 11) is 0. The molecule has 0 saturated heterocycles. The Morgan fingerprint density at radius 2 is 2.00 bits per heavy atom. The van der Waals surface area contributed by atoms with Gasteiger partial charge in [0.2, 0.25) is 11.8 Å². The lowest BCUT2D eigenvalue weighted by molar-refractivity contribution is -0.123. The fourth-order valence-corrected chi connectivity index (χ4v) is 2.64. The maximum atomic E-state index is 11.2. The smallest absolute Gasteiger partial charge is 0.236 e. The summed E-state index contributed by atoms with van der Waals surface area (Å²) in [5, 5.41) is 3.11. The van der Waals surface area contributed by atoms with E-state index < -0.39 is 5.91 Å². The lowest BCUT2D eigenvalue weighted by Crippen LogP contribution is -2.34. The lowest BCUT2D eigenvalue weighted by Gasteiger charge is -2.07. The number of primary amides is 1. The van der Waals surface area contributed by atoms with E-state index in [1.807, 2.05) is 0 Å². The second-order valence-corrected chi connectivity index (χ2v) is 4.75. The van der Waals surface area contributed by atoms with E-state index in [0.29, 0.717) is 11.0 Å². The molecule has 2 amide bonds. The third-order valence-corrected chi connectivity index (χ3v) is 3.58. The van der Waals surface area contributed by atoms with Crippen molar-refractivity contribution in [3.63, 3.8) is 0 Å². The summed E-state index contributed by atoms with van der Waals surface area (Å²) in [4.78, 5) is 21.5. The second-order valence-electron chi connectivity index (χ2n) is 3.46. The molecule has 4 nitrogen and oxygen atoms in total. The first kappa shape index (κ1) is 11.4. The second kappa shape index (κ2) is 5.90. The standard InChI is InChI=1S/C9H16N2O2S/c10-8(12)5-11-9(13)6-14-7-3-1-2-4-7/h7H,1-6H2,(H2,10,12)(H,11,13). The third kappa shape index (κ3) is 4.50. The minimum absolute atomic E-state index is 0.0515. The quantitative estimate of drug-likeness (QED) is 0.692. The fourth-order valence-electron chi connectivity index (χ4n) is 1.49. The van der Waals surface area contributed by atoms with Crippen LogP contribution in [0.25, 0.3) is 0 Å². The predicted molar refractivity (Wildman–Crippen MR) is 56.9 cm³/mol. The number of thioether (sulfide) groups is 1. The lowest BCUT2D eigenvalue weighted by atomic mass is 10.4. The minimum Gasteiger partial charge on any atom is -0.368 e. The predicted octanol–water partition coefficient (Wildman–Crippen LogP) is 0.264. The number of amides is 2. The maximum Gasteiger partial charge on any atom is 0.236 e. The van der Waals surface area contributed by atoms with E-state index >= 15 is 0 Å². The van der Waals surface area contributed by atoms with Crippen molar-refractivity contribution in [1.29, 1.82) is 0 Å². The highest BCUT2D eigenvalue weighted by Gasteiger charge is 2.16. The first-order valence-electron chi connectivity index (χ1n) is 4.85. The van der Waals surface area contributed by atoms with Crippen molar-refractivity contribution < 1.29 is 9.59 Å². The van der Waals surface area contributed by atoms with E-state index in [9.17, 15) is 9.59 Å².